The van der Waals surface area contributed by atoms with Crippen LogP contribution in [0.2, 0.25) is 5.02 Å². The number of halogens is 1. The van der Waals surface area contributed by atoms with Gasteiger partial charge in [-0.05, 0) is 20.4 Å². The quantitative estimate of drug-likeness (QED) is 0.879. The third-order valence-electron chi connectivity index (χ3n) is 4.58. The molecule has 1 amide bonds. The fourth-order valence-corrected chi connectivity index (χ4v) is 3.28. The van der Waals surface area contributed by atoms with Gasteiger partial charge in [0.05, 0.1) is 10.7 Å². The number of nitrogens with zero attached hydrogens (tertiary/aromatic N) is 4. The predicted molar refractivity (Wildman–Crippen MR) is 81.7 cm³/mol. The van der Waals surface area contributed by atoms with Crippen molar-refractivity contribution in [2.24, 2.45) is 0 Å². The lowest BCUT2D eigenvalue weighted by Crippen LogP contribution is -2.50. The Balaban J connectivity index is 1.62. The minimum absolute atomic E-state index is 0.0547. The second-order valence-corrected chi connectivity index (χ2v) is 6.42. The number of amides is 1. The Morgan fingerprint density at radius 1 is 1.29 bits per heavy atom. The van der Waals surface area contributed by atoms with Crippen LogP contribution in [0.4, 0.5) is 0 Å². The van der Waals surface area contributed by atoms with Gasteiger partial charge in [-0.25, -0.2) is 0 Å². The second-order valence-electron chi connectivity index (χ2n) is 6.04. The fourth-order valence-electron chi connectivity index (χ4n) is 3.12. The first-order chi connectivity index (χ1) is 10.1. The molecule has 0 aromatic carbocycles. The van der Waals surface area contributed by atoms with Crippen LogP contribution in [-0.2, 0) is 0 Å². The average Bonchev–Trinajstić information content (AvgIpc) is 3.08. The van der Waals surface area contributed by atoms with Gasteiger partial charge in [0.1, 0.15) is 0 Å². The van der Waals surface area contributed by atoms with E-state index in [1.54, 1.807) is 0 Å². The van der Waals surface area contributed by atoms with Crippen LogP contribution < -0.4 is 0 Å². The maximum Gasteiger partial charge on any atom is 0.275 e. The molecule has 2 aliphatic heterocycles. The Kier molecular flexibility index (Phi) is 4.19. The fraction of sp³-hybridized carbons (Fsp3) is 0.714. The summed E-state index contributed by atoms with van der Waals surface area (Å²) in [6.07, 6.45) is 1.04. The number of H-pyrrole nitrogens is 1. The highest BCUT2D eigenvalue weighted by molar-refractivity contribution is 6.34. The van der Waals surface area contributed by atoms with Crippen molar-refractivity contribution < 1.29 is 4.79 Å². The van der Waals surface area contributed by atoms with Crippen LogP contribution in [0, 0.1) is 6.92 Å². The first-order valence-corrected chi connectivity index (χ1v) is 7.86. The lowest BCUT2D eigenvalue weighted by atomic mass is 10.2. The Hall–Kier alpha value is -1.11. The topological polar surface area (TPSA) is 55.5 Å². The van der Waals surface area contributed by atoms with E-state index in [1.807, 2.05) is 11.8 Å². The Labute approximate surface area is 130 Å². The molecule has 0 saturated carbocycles. The second kappa shape index (κ2) is 5.94. The van der Waals surface area contributed by atoms with Crippen molar-refractivity contribution in [2.75, 3.05) is 46.3 Å². The molecule has 2 saturated heterocycles. The number of aryl methyl sites for hydroxylation is 1. The summed E-state index contributed by atoms with van der Waals surface area (Å²) in [6, 6.07) is 0.474. The smallest absolute Gasteiger partial charge is 0.275 e. The van der Waals surface area contributed by atoms with E-state index in [0.717, 1.165) is 51.4 Å². The summed E-state index contributed by atoms with van der Waals surface area (Å²) in [7, 11) is 2.16. The van der Waals surface area contributed by atoms with Crippen molar-refractivity contribution >= 4 is 17.5 Å². The Morgan fingerprint density at radius 3 is 2.62 bits per heavy atom. The van der Waals surface area contributed by atoms with Crippen molar-refractivity contribution in [1.82, 2.24) is 24.9 Å². The number of aromatic nitrogens is 2. The monoisotopic (exact) mass is 311 g/mol. The number of hydrogen-bond acceptors (Lipinski definition) is 4. The lowest BCUT2D eigenvalue weighted by molar-refractivity contribution is 0.0750. The molecule has 1 aromatic rings. The van der Waals surface area contributed by atoms with E-state index >= 15 is 0 Å². The molecule has 3 rings (SSSR count). The Bertz CT molecular complexity index is 523. The number of carbonyl (C=O) groups excluding carboxylic acids is 1. The lowest BCUT2D eigenvalue weighted by Gasteiger charge is -2.36. The van der Waals surface area contributed by atoms with Crippen molar-refractivity contribution in [1.29, 1.82) is 0 Å². The van der Waals surface area contributed by atoms with Crippen LogP contribution in [0.15, 0.2) is 0 Å². The van der Waals surface area contributed by atoms with Gasteiger partial charge in [-0.15, -0.1) is 0 Å². The molecule has 2 fully saturated rings. The number of nitrogens with one attached hydrogen (secondary N) is 1. The molecule has 0 radical (unpaired) electrons. The van der Waals surface area contributed by atoms with Gasteiger partial charge in [-0.1, -0.05) is 11.6 Å². The van der Waals surface area contributed by atoms with Crippen molar-refractivity contribution in [2.45, 2.75) is 19.4 Å². The average molecular weight is 312 g/mol. The molecule has 21 heavy (non-hydrogen) atoms. The number of hydrogen-bond donors (Lipinski definition) is 1. The van der Waals surface area contributed by atoms with E-state index in [0.29, 0.717) is 16.8 Å². The van der Waals surface area contributed by atoms with Crippen LogP contribution in [0.5, 0.6) is 0 Å². The number of likely N-dealkylation sites (tertiary alicyclic amines) is 1. The number of likely N-dealkylation sites (N-methyl/N-ethyl adjacent to an activating group) is 1. The molecule has 2 aliphatic rings. The van der Waals surface area contributed by atoms with Gasteiger partial charge in [0.15, 0.2) is 5.69 Å². The largest absolute Gasteiger partial charge is 0.336 e. The maximum absolute atomic E-state index is 12.5. The zero-order chi connectivity index (χ0) is 15.0. The van der Waals surface area contributed by atoms with Crippen LogP contribution in [0.25, 0.3) is 0 Å². The van der Waals surface area contributed by atoms with Gasteiger partial charge in [0, 0.05) is 45.3 Å². The molecule has 1 N–H and O–H groups in total. The minimum Gasteiger partial charge on any atom is -0.336 e. The minimum atomic E-state index is -0.0547. The summed E-state index contributed by atoms with van der Waals surface area (Å²) in [5.41, 5.74) is 1.10. The normalized spacial score (nSPS) is 24.7. The van der Waals surface area contributed by atoms with Gasteiger partial charge in [-0.2, -0.15) is 5.10 Å². The molecule has 3 heterocycles. The molecular weight excluding hydrogens is 290 g/mol. The summed E-state index contributed by atoms with van der Waals surface area (Å²) in [5, 5.41) is 7.26. The third kappa shape index (κ3) is 2.93. The molecule has 0 spiro atoms. The first kappa shape index (κ1) is 14.8. The standard InChI is InChI=1S/C14H22ClN5O/c1-10-12(15)13(17-16-10)14(21)20-4-3-11(9-20)19-7-5-18(2)6-8-19/h11H,3-9H2,1-2H3,(H,16,17). The Morgan fingerprint density at radius 2 is 2.00 bits per heavy atom. The molecule has 1 atom stereocenters. The van der Waals surface area contributed by atoms with Crippen molar-refractivity contribution in [3.63, 3.8) is 0 Å². The molecule has 0 bridgehead atoms. The molecule has 116 valence electrons. The van der Waals surface area contributed by atoms with Crippen molar-refractivity contribution in [3.8, 4) is 0 Å². The first-order valence-electron chi connectivity index (χ1n) is 7.48. The molecule has 1 aromatic heterocycles. The van der Waals surface area contributed by atoms with E-state index in [1.165, 1.54) is 0 Å². The summed E-state index contributed by atoms with van der Waals surface area (Å²) in [6.45, 7) is 7.78. The molecule has 7 heteroatoms. The number of rotatable bonds is 2. The highest BCUT2D eigenvalue weighted by Gasteiger charge is 2.33. The van der Waals surface area contributed by atoms with E-state index in [9.17, 15) is 4.79 Å². The van der Waals surface area contributed by atoms with E-state index in [-0.39, 0.29) is 5.91 Å². The van der Waals surface area contributed by atoms with Crippen LogP contribution in [0.1, 0.15) is 22.6 Å². The van der Waals surface area contributed by atoms with Crippen LogP contribution in [0.3, 0.4) is 0 Å². The molecular formula is C14H22ClN5O. The third-order valence-corrected chi connectivity index (χ3v) is 5.04. The van der Waals surface area contributed by atoms with E-state index in [4.69, 9.17) is 11.6 Å². The van der Waals surface area contributed by atoms with Gasteiger partial charge in [-0.3, -0.25) is 14.8 Å². The molecule has 1 unspecified atom stereocenters. The summed E-state index contributed by atoms with van der Waals surface area (Å²) < 4.78 is 0. The molecule has 0 aliphatic carbocycles. The van der Waals surface area contributed by atoms with Gasteiger partial charge >= 0.3 is 0 Å². The number of aromatic amines is 1. The van der Waals surface area contributed by atoms with Crippen molar-refractivity contribution in [3.05, 3.63) is 16.4 Å². The summed E-state index contributed by atoms with van der Waals surface area (Å²) in [4.78, 5) is 19.2. The van der Waals surface area contributed by atoms with E-state index in [2.05, 4.69) is 27.0 Å². The van der Waals surface area contributed by atoms with Gasteiger partial charge < -0.3 is 9.80 Å². The summed E-state index contributed by atoms with van der Waals surface area (Å²) in [5.74, 6) is -0.0547. The van der Waals surface area contributed by atoms with Crippen LogP contribution in [-0.4, -0.2) is 83.2 Å². The summed E-state index contributed by atoms with van der Waals surface area (Å²) >= 11 is 6.13. The highest BCUT2D eigenvalue weighted by Crippen LogP contribution is 2.23. The maximum atomic E-state index is 12.5. The van der Waals surface area contributed by atoms with Crippen LogP contribution >= 0.6 is 11.6 Å². The number of piperazine rings is 1. The number of carbonyl (C=O) groups is 1. The SMILES string of the molecule is Cc1[nH]nc(C(=O)N2CCC(N3CCN(C)CC3)C2)c1Cl. The van der Waals surface area contributed by atoms with Gasteiger partial charge in [0.25, 0.3) is 5.91 Å². The highest BCUT2D eigenvalue weighted by atomic mass is 35.5. The zero-order valence-electron chi connectivity index (χ0n) is 12.6. The molecule has 6 nitrogen and oxygen atoms in total. The van der Waals surface area contributed by atoms with E-state index < -0.39 is 0 Å². The van der Waals surface area contributed by atoms with Gasteiger partial charge in [0.2, 0.25) is 0 Å². The zero-order valence-corrected chi connectivity index (χ0v) is 13.4. The predicted octanol–water partition coefficient (Wildman–Crippen LogP) is 0.833.